The Morgan fingerprint density at radius 3 is 1.08 bits per heavy atom. The van der Waals surface area contributed by atoms with Crippen LogP contribution in [0.15, 0.2) is 24.3 Å². The quantitative estimate of drug-likeness (QED) is 0.0435. The van der Waals surface area contributed by atoms with Crippen LogP contribution in [-0.2, 0) is 4.79 Å². The minimum atomic E-state index is -0.840. The zero-order chi connectivity index (χ0) is 37.1. The highest BCUT2D eigenvalue weighted by molar-refractivity contribution is 5.76. The van der Waals surface area contributed by atoms with E-state index in [4.69, 9.17) is 0 Å². The first-order valence-corrected chi connectivity index (χ1v) is 23.1. The number of aliphatic hydroxyl groups is 2. The largest absolute Gasteiger partial charge is 0.394 e. The summed E-state index contributed by atoms with van der Waals surface area (Å²) in [4.78, 5) is 12.4. The number of hydrogen-bond donors (Lipinski definition) is 3. The first-order chi connectivity index (χ1) is 25.2. The average Bonchev–Trinajstić information content (AvgIpc) is 3.13. The van der Waals surface area contributed by atoms with E-state index in [2.05, 4.69) is 31.3 Å². The van der Waals surface area contributed by atoms with Gasteiger partial charge in [-0.15, -0.1) is 0 Å². The number of carbonyl (C=O) groups is 1. The van der Waals surface area contributed by atoms with E-state index in [0.717, 1.165) is 32.1 Å². The minimum absolute atomic E-state index is 0.0706. The average molecular weight is 718 g/mol. The molecule has 0 aromatic rings. The van der Waals surface area contributed by atoms with E-state index in [0.29, 0.717) is 6.42 Å². The monoisotopic (exact) mass is 718 g/mol. The Morgan fingerprint density at radius 1 is 0.451 bits per heavy atom. The van der Waals surface area contributed by atoms with Crippen molar-refractivity contribution in [2.75, 3.05) is 6.61 Å². The highest BCUT2D eigenvalue weighted by Gasteiger charge is 2.17. The molecule has 0 rings (SSSR count). The van der Waals surface area contributed by atoms with Gasteiger partial charge in [-0.05, 0) is 44.9 Å². The summed E-state index contributed by atoms with van der Waals surface area (Å²) in [6.07, 6.45) is 55.8. The summed E-state index contributed by atoms with van der Waals surface area (Å²) in [6.45, 7) is 4.31. The first-order valence-electron chi connectivity index (χ1n) is 23.1. The van der Waals surface area contributed by atoms with Crippen molar-refractivity contribution in [2.24, 2.45) is 0 Å². The summed E-state index contributed by atoms with van der Waals surface area (Å²) in [5.74, 6) is -0.0706. The van der Waals surface area contributed by atoms with Crippen molar-refractivity contribution in [3.05, 3.63) is 24.3 Å². The molecule has 3 N–H and O–H groups in total. The molecule has 4 nitrogen and oxygen atoms in total. The van der Waals surface area contributed by atoms with Crippen molar-refractivity contribution >= 4 is 5.91 Å². The van der Waals surface area contributed by atoms with E-state index in [1.165, 1.54) is 199 Å². The molecule has 0 aliphatic heterocycles. The van der Waals surface area contributed by atoms with Crippen molar-refractivity contribution in [1.82, 2.24) is 5.32 Å². The summed E-state index contributed by atoms with van der Waals surface area (Å²) in [6, 6.07) is -0.624. The zero-order valence-electron chi connectivity index (χ0n) is 34.6. The van der Waals surface area contributed by atoms with Gasteiger partial charge in [-0.2, -0.15) is 0 Å². The van der Waals surface area contributed by atoms with Gasteiger partial charge >= 0.3 is 0 Å². The number of amides is 1. The third-order valence-electron chi connectivity index (χ3n) is 10.7. The van der Waals surface area contributed by atoms with Gasteiger partial charge in [-0.1, -0.05) is 224 Å². The third kappa shape index (κ3) is 39.9. The van der Waals surface area contributed by atoms with Gasteiger partial charge in [0, 0.05) is 6.42 Å². The van der Waals surface area contributed by atoms with Crippen molar-refractivity contribution in [3.63, 3.8) is 0 Å². The lowest BCUT2D eigenvalue weighted by Gasteiger charge is -2.20. The summed E-state index contributed by atoms with van der Waals surface area (Å²) < 4.78 is 0. The number of carbonyl (C=O) groups excluding carboxylic acids is 1. The van der Waals surface area contributed by atoms with Gasteiger partial charge in [-0.25, -0.2) is 0 Å². The number of hydrogen-bond acceptors (Lipinski definition) is 3. The zero-order valence-corrected chi connectivity index (χ0v) is 34.6. The molecule has 0 saturated heterocycles. The van der Waals surface area contributed by atoms with Crippen molar-refractivity contribution in [2.45, 2.75) is 264 Å². The molecule has 0 aliphatic carbocycles. The standard InChI is InChI=1S/C47H91NO3/c1-3-5-7-9-11-13-15-17-19-20-21-22-23-24-25-26-27-29-30-32-34-36-38-40-42-46(50)45(44-49)48-47(51)43-41-39-37-35-33-31-28-18-16-14-12-10-8-6-4-2/h18,28,40,42,45-46,49-50H,3-17,19-27,29-39,41,43-44H2,1-2H3,(H,48,51)/b28-18-,42-40+. The summed E-state index contributed by atoms with van der Waals surface area (Å²) in [5, 5.41) is 23.0. The Hall–Kier alpha value is -1.13. The fraction of sp³-hybridized carbons (Fsp3) is 0.894. The lowest BCUT2D eigenvalue weighted by molar-refractivity contribution is -0.123. The maximum absolute atomic E-state index is 12.4. The molecule has 4 heteroatoms. The van der Waals surface area contributed by atoms with E-state index in [1.807, 2.05) is 6.08 Å². The molecule has 0 aromatic carbocycles. The van der Waals surface area contributed by atoms with Gasteiger partial charge in [0.25, 0.3) is 0 Å². The van der Waals surface area contributed by atoms with Gasteiger partial charge in [-0.3, -0.25) is 4.79 Å². The van der Waals surface area contributed by atoms with Crippen LogP contribution in [0.5, 0.6) is 0 Å². The normalized spacial score (nSPS) is 13.1. The van der Waals surface area contributed by atoms with Crippen LogP contribution < -0.4 is 5.32 Å². The van der Waals surface area contributed by atoms with E-state index in [1.54, 1.807) is 6.08 Å². The fourth-order valence-electron chi connectivity index (χ4n) is 7.11. The van der Waals surface area contributed by atoms with Crippen molar-refractivity contribution in [3.8, 4) is 0 Å². The number of allylic oxidation sites excluding steroid dienone is 3. The first kappa shape index (κ1) is 49.9. The van der Waals surface area contributed by atoms with Crippen LogP contribution in [0.3, 0.4) is 0 Å². The van der Waals surface area contributed by atoms with Gasteiger partial charge < -0.3 is 15.5 Å². The lowest BCUT2D eigenvalue weighted by atomic mass is 10.0. The van der Waals surface area contributed by atoms with Crippen LogP contribution in [0.25, 0.3) is 0 Å². The van der Waals surface area contributed by atoms with E-state index in [-0.39, 0.29) is 12.5 Å². The molecule has 0 saturated carbocycles. The second-order valence-electron chi connectivity index (χ2n) is 15.8. The molecule has 302 valence electrons. The maximum atomic E-state index is 12.4. The molecule has 0 aliphatic rings. The molecule has 0 aromatic heterocycles. The van der Waals surface area contributed by atoms with Gasteiger partial charge in [0.2, 0.25) is 5.91 Å². The Bertz CT molecular complexity index is 735. The van der Waals surface area contributed by atoms with Crippen LogP contribution in [0, 0.1) is 0 Å². The second kappa shape index (κ2) is 43.3. The molecule has 0 fully saturated rings. The van der Waals surface area contributed by atoms with E-state index < -0.39 is 12.1 Å². The fourth-order valence-corrected chi connectivity index (χ4v) is 7.11. The van der Waals surface area contributed by atoms with Gasteiger partial charge in [0.1, 0.15) is 0 Å². The van der Waals surface area contributed by atoms with Crippen LogP contribution in [0.2, 0.25) is 0 Å². The number of rotatable bonds is 42. The van der Waals surface area contributed by atoms with Crippen LogP contribution in [0.4, 0.5) is 0 Å². The topological polar surface area (TPSA) is 69.6 Å². The predicted molar refractivity (Wildman–Crippen MR) is 225 cm³/mol. The molecule has 2 atom stereocenters. The molecule has 0 bridgehead atoms. The summed E-state index contributed by atoms with van der Waals surface area (Å²) in [7, 11) is 0. The third-order valence-corrected chi connectivity index (χ3v) is 10.7. The van der Waals surface area contributed by atoms with E-state index >= 15 is 0 Å². The van der Waals surface area contributed by atoms with Crippen LogP contribution >= 0.6 is 0 Å². The highest BCUT2D eigenvalue weighted by atomic mass is 16.3. The molecule has 0 spiro atoms. The summed E-state index contributed by atoms with van der Waals surface area (Å²) in [5.41, 5.74) is 0. The number of aliphatic hydroxyl groups excluding tert-OH is 2. The Labute approximate surface area is 319 Å². The minimum Gasteiger partial charge on any atom is -0.394 e. The summed E-state index contributed by atoms with van der Waals surface area (Å²) >= 11 is 0. The second-order valence-corrected chi connectivity index (χ2v) is 15.8. The van der Waals surface area contributed by atoms with Crippen LogP contribution in [-0.4, -0.2) is 34.9 Å². The van der Waals surface area contributed by atoms with Crippen molar-refractivity contribution < 1.29 is 15.0 Å². The van der Waals surface area contributed by atoms with Gasteiger partial charge in [0.05, 0.1) is 18.8 Å². The lowest BCUT2D eigenvalue weighted by Crippen LogP contribution is -2.45. The molecule has 1 amide bonds. The molecule has 0 radical (unpaired) electrons. The molecule has 0 heterocycles. The smallest absolute Gasteiger partial charge is 0.220 e. The Balaban J connectivity index is 3.52. The number of nitrogens with one attached hydrogen (secondary N) is 1. The molecular formula is C47H91NO3. The van der Waals surface area contributed by atoms with Crippen molar-refractivity contribution in [1.29, 1.82) is 0 Å². The number of unbranched alkanes of at least 4 members (excludes halogenated alkanes) is 33. The maximum Gasteiger partial charge on any atom is 0.220 e. The molecule has 51 heavy (non-hydrogen) atoms. The van der Waals surface area contributed by atoms with Gasteiger partial charge in [0.15, 0.2) is 0 Å². The Kier molecular flexibility index (Phi) is 42.3. The SMILES string of the molecule is CCCCCCCC/C=C\CCCCCCCC(=O)NC(CO)C(O)/C=C/CCCCCCCCCCCCCCCCCCCCCCCC. The molecular weight excluding hydrogens is 627 g/mol. The van der Waals surface area contributed by atoms with E-state index in [9.17, 15) is 15.0 Å². The highest BCUT2D eigenvalue weighted by Crippen LogP contribution is 2.16. The molecule has 2 unspecified atom stereocenters. The van der Waals surface area contributed by atoms with Crippen LogP contribution in [0.1, 0.15) is 251 Å². The predicted octanol–water partition coefficient (Wildman–Crippen LogP) is 14.4. The Morgan fingerprint density at radius 2 is 0.745 bits per heavy atom.